The molecule has 2 aliphatic carbocycles. The van der Waals surface area contributed by atoms with Gasteiger partial charge in [-0.15, -0.1) is 0 Å². The Morgan fingerprint density at radius 2 is 0.796 bits per heavy atom. The van der Waals surface area contributed by atoms with Gasteiger partial charge in [-0.25, -0.2) is 0 Å². The Labute approximate surface area is 311 Å². The van der Waals surface area contributed by atoms with Crippen LogP contribution in [0.2, 0.25) is 0 Å². The maximum atomic E-state index is 14.1. The van der Waals surface area contributed by atoms with Gasteiger partial charge in [0, 0.05) is 44.4 Å². The second kappa shape index (κ2) is 10.6. The van der Waals surface area contributed by atoms with Gasteiger partial charge < -0.3 is 9.80 Å². The molecule has 2 nitrogen and oxygen atoms in total. The molecule has 8 heteroatoms. The molecular formula is C46H42F6N2. The van der Waals surface area contributed by atoms with Crippen LogP contribution in [0.3, 0.4) is 0 Å². The van der Waals surface area contributed by atoms with E-state index in [1.165, 1.54) is 24.3 Å². The molecule has 10 rings (SSSR count). The number of hydrogen-bond acceptors (Lipinski definition) is 2. The summed E-state index contributed by atoms with van der Waals surface area (Å²) >= 11 is 0. The number of fused-ring (bicyclic) bond motifs is 6. The van der Waals surface area contributed by atoms with E-state index in [0.717, 1.165) is 118 Å². The lowest BCUT2D eigenvalue weighted by atomic mass is 9.61. The van der Waals surface area contributed by atoms with Crippen LogP contribution in [0.4, 0.5) is 49.1 Å². The molecule has 0 bridgehead atoms. The molecule has 0 saturated heterocycles. The standard InChI is InChI=1S/C46H42F6N2/c1-41-21-5-7-23-43(41,3)53(37-19-13-29(25-33(37)41)45(47,48)49)35-17-11-27-10-16-32-36(18-12-28-9-15-31(35)39(27)40(28)32)54-38-20-14-30(46(50,51)52)26-34(38)42(2)22-6-8-24-44(42,54)4/h9-20,25-26H,5-8,21-24H2,1-4H3. The molecule has 2 fully saturated rings. The smallest absolute Gasteiger partial charge is 0.334 e. The minimum atomic E-state index is -4.43. The summed E-state index contributed by atoms with van der Waals surface area (Å²) in [5, 5.41) is 6.39. The lowest BCUT2D eigenvalue weighted by Gasteiger charge is -2.50. The van der Waals surface area contributed by atoms with E-state index in [4.69, 9.17) is 0 Å². The predicted octanol–water partition coefficient (Wildman–Crippen LogP) is 14.1. The van der Waals surface area contributed by atoms with Gasteiger partial charge >= 0.3 is 12.4 Å². The third-order valence-electron chi connectivity index (χ3n) is 15.0. The summed E-state index contributed by atoms with van der Waals surface area (Å²) in [5.41, 5.74) is 2.10. The summed E-state index contributed by atoms with van der Waals surface area (Å²) < 4.78 is 84.8. The SMILES string of the molecule is CC12CCCCC1(C)N(c1ccc3ccc4c(N5c6ccc(C(F)(F)F)cc6C6(C)CCCCC56C)ccc5ccc1c3c54)c1ccc(C(F)(F)F)cc12. The number of benzene rings is 6. The van der Waals surface area contributed by atoms with Crippen LogP contribution in [0.5, 0.6) is 0 Å². The third-order valence-corrected chi connectivity index (χ3v) is 15.0. The van der Waals surface area contributed by atoms with Crippen LogP contribution in [-0.4, -0.2) is 11.1 Å². The van der Waals surface area contributed by atoms with E-state index in [-0.39, 0.29) is 0 Å². The molecule has 0 N–H and O–H groups in total. The van der Waals surface area contributed by atoms with E-state index in [9.17, 15) is 26.3 Å². The molecule has 0 radical (unpaired) electrons. The van der Waals surface area contributed by atoms with Crippen LogP contribution in [0.25, 0.3) is 32.3 Å². The average Bonchev–Trinajstić information content (AvgIpc) is 3.47. The minimum Gasteiger partial charge on any atom is -0.334 e. The zero-order valence-corrected chi connectivity index (χ0v) is 30.9. The molecule has 6 aromatic carbocycles. The Hall–Kier alpha value is -4.46. The van der Waals surface area contributed by atoms with Crippen LogP contribution in [0, 0.1) is 0 Å². The van der Waals surface area contributed by atoms with E-state index < -0.39 is 45.4 Å². The van der Waals surface area contributed by atoms with Gasteiger partial charge in [0.15, 0.2) is 0 Å². The van der Waals surface area contributed by atoms with Crippen molar-refractivity contribution in [1.29, 1.82) is 0 Å². The highest BCUT2D eigenvalue weighted by atomic mass is 19.4. The van der Waals surface area contributed by atoms with E-state index in [1.807, 2.05) is 0 Å². The van der Waals surface area contributed by atoms with Gasteiger partial charge in [0.25, 0.3) is 0 Å². The summed E-state index contributed by atoms with van der Waals surface area (Å²) in [7, 11) is 0. The number of rotatable bonds is 2. The topological polar surface area (TPSA) is 6.48 Å². The van der Waals surface area contributed by atoms with Crippen molar-refractivity contribution in [3.63, 3.8) is 0 Å². The molecule has 0 aromatic heterocycles. The van der Waals surface area contributed by atoms with Crippen molar-refractivity contribution >= 4 is 55.1 Å². The Bertz CT molecular complexity index is 2360. The second-order valence-corrected chi connectivity index (χ2v) is 17.3. The first-order chi connectivity index (χ1) is 25.5. The Kier molecular flexibility index (Phi) is 6.71. The van der Waals surface area contributed by atoms with Crippen molar-refractivity contribution < 1.29 is 26.3 Å². The predicted molar refractivity (Wildman–Crippen MR) is 206 cm³/mol. The zero-order valence-electron chi connectivity index (χ0n) is 30.9. The average molecular weight is 737 g/mol. The van der Waals surface area contributed by atoms with Crippen LogP contribution < -0.4 is 9.80 Å². The molecule has 2 heterocycles. The first-order valence-electron chi connectivity index (χ1n) is 19.3. The summed E-state index contributed by atoms with van der Waals surface area (Å²) in [6.07, 6.45) is -1.62. The van der Waals surface area contributed by atoms with Crippen LogP contribution >= 0.6 is 0 Å². The van der Waals surface area contributed by atoms with E-state index in [0.29, 0.717) is 0 Å². The van der Waals surface area contributed by atoms with Gasteiger partial charge in [-0.3, -0.25) is 0 Å². The zero-order chi connectivity index (χ0) is 37.8. The first kappa shape index (κ1) is 34.1. The molecule has 4 unspecified atom stereocenters. The van der Waals surface area contributed by atoms with Crippen molar-refractivity contribution in [2.45, 2.75) is 113 Å². The van der Waals surface area contributed by atoms with Crippen LogP contribution in [0.15, 0.2) is 84.9 Å². The minimum absolute atomic E-state index is 0.444. The normalized spacial score (nSPS) is 28.2. The fourth-order valence-corrected chi connectivity index (χ4v) is 11.7. The van der Waals surface area contributed by atoms with Crippen molar-refractivity contribution in [3.8, 4) is 0 Å². The number of alkyl halides is 6. The molecule has 4 atom stereocenters. The second-order valence-electron chi connectivity index (χ2n) is 17.3. The van der Waals surface area contributed by atoms with Gasteiger partial charge in [-0.05, 0) is 121 Å². The van der Waals surface area contributed by atoms with Gasteiger partial charge in [-0.1, -0.05) is 75.9 Å². The maximum absolute atomic E-state index is 14.1. The molecule has 2 saturated carbocycles. The van der Waals surface area contributed by atoms with Gasteiger partial charge in [-0.2, -0.15) is 26.3 Å². The van der Waals surface area contributed by atoms with Gasteiger partial charge in [0.1, 0.15) is 0 Å². The summed E-state index contributed by atoms with van der Waals surface area (Å²) in [4.78, 5) is 4.69. The number of hydrogen-bond donors (Lipinski definition) is 0. The summed E-state index contributed by atoms with van der Waals surface area (Å²) in [5.74, 6) is 0. The molecule has 54 heavy (non-hydrogen) atoms. The maximum Gasteiger partial charge on any atom is 0.416 e. The molecule has 2 aliphatic heterocycles. The Balaban J connectivity index is 1.21. The molecule has 278 valence electrons. The lowest BCUT2D eigenvalue weighted by Crippen LogP contribution is -2.54. The largest absolute Gasteiger partial charge is 0.416 e. The molecule has 0 amide bonds. The Morgan fingerprint density at radius 1 is 0.444 bits per heavy atom. The molecule has 6 aromatic rings. The highest BCUT2D eigenvalue weighted by molar-refractivity contribution is 6.28. The molecular weight excluding hydrogens is 695 g/mol. The van der Waals surface area contributed by atoms with E-state index in [2.05, 4.69) is 86.0 Å². The monoisotopic (exact) mass is 736 g/mol. The number of nitrogens with zero attached hydrogens (tertiary/aromatic N) is 2. The van der Waals surface area contributed by atoms with E-state index in [1.54, 1.807) is 12.1 Å². The summed E-state index contributed by atoms with van der Waals surface area (Å²) in [6.45, 7) is 8.76. The van der Waals surface area contributed by atoms with Crippen molar-refractivity contribution in [2.24, 2.45) is 0 Å². The lowest BCUT2D eigenvalue weighted by molar-refractivity contribution is -0.138. The first-order valence-corrected chi connectivity index (χ1v) is 19.3. The van der Waals surface area contributed by atoms with Gasteiger partial charge in [0.2, 0.25) is 0 Å². The van der Waals surface area contributed by atoms with Crippen molar-refractivity contribution in [3.05, 3.63) is 107 Å². The highest BCUT2D eigenvalue weighted by Gasteiger charge is 2.60. The quantitative estimate of drug-likeness (QED) is 0.129. The molecule has 0 spiro atoms. The van der Waals surface area contributed by atoms with Crippen LogP contribution in [0.1, 0.15) is 101 Å². The van der Waals surface area contributed by atoms with Crippen molar-refractivity contribution in [2.75, 3.05) is 9.80 Å². The number of halogens is 6. The Morgan fingerprint density at radius 3 is 1.19 bits per heavy atom. The number of anilines is 4. The third kappa shape index (κ3) is 4.15. The fourth-order valence-electron chi connectivity index (χ4n) is 11.7. The fraction of sp³-hybridized carbons (Fsp3) is 0.391. The summed E-state index contributed by atoms with van der Waals surface area (Å²) in [6, 6.07) is 25.8. The van der Waals surface area contributed by atoms with E-state index >= 15 is 0 Å². The van der Waals surface area contributed by atoms with Crippen molar-refractivity contribution in [1.82, 2.24) is 0 Å². The highest BCUT2D eigenvalue weighted by Crippen LogP contribution is 2.64. The van der Waals surface area contributed by atoms with Gasteiger partial charge in [0.05, 0.1) is 22.2 Å². The van der Waals surface area contributed by atoms with Crippen LogP contribution in [-0.2, 0) is 23.2 Å². The molecule has 4 aliphatic rings.